The Balaban J connectivity index is 2.32. The highest BCUT2D eigenvalue weighted by Crippen LogP contribution is 2.35. The number of aliphatic hydroxyl groups excluding tert-OH is 1. The maximum atomic E-state index is 8.91. The number of hydrogen-bond donors (Lipinski definition) is 2. The monoisotopic (exact) mass is 171 g/mol. The van der Waals surface area contributed by atoms with Crippen LogP contribution >= 0.6 is 0 Å². The molecule has 2 N–H and O–H groups in total. The summed E-state index contributed by atoms with van der Waals surface area (Å²) in [5.41, 5.74) is 0. The largest absolute Gasteiger partial charge is 0.395 e. The fourth-order valence-corrected chi connectivity index (χ4v) is 1.71. The predicted octanol–water partition coefficient (Wildman–Crippen LogP) is 1.39. The van der Waals surface area contributed by atoms with Crippen molar-refractivity contribution in [2.45, 2.75) is 45.7 Å². The zero-order valence-corrected chi connectivity index (χ0v) is 8.38. The van der Waals surface area contributed by atoms with Gasteiger partial charge in [0.25, 0.3) is 0 Å². The topological polar surface area (TPSA) is 32.3 Å². The normalized spacial score (nSPS) is 22.8. The molecule has 0 heterocycles. The van der Waals surface area contributed by atoms with E-state index in [0.717, 1.165) is 5.92 Å². The number of nitrogens with one attached hydrogen (secondary N) is 1. The Kier molecular flexibility index (Phi) is 3.53. The molecule has 0 aromatic rings. The third kappa shape index (κ3) is 2.76. The first-order valence-corrected chi connectivity index (χ1v) is 5.02. The van der Waals surface area contributed by atoms with Gasteiger partial charge in [-0.05, 0) is 31.6 Å². The minimum Gasteiger partial charge on any atom is -0.395 e. The summed E-state index contributed by atoms with van der Waals surface area (Å²) in [6.45, 7) is 6.79. The molecule has 1 aliphatic carbocycles. The van der Waals surface area contributed by atoms with Gasteiger partial charge in [0.05, 0.1) is 6.61 Å². The van der Waals surface area contributed by atoms with Gasteiger partial charge in [0.1, 0.15) is 0 Å². The second kappa shape index (κ2) is 4.24. The van der Waals surface area contributed by atoms with Crippen molar-refractivity contribution in [3.63, 3.8) is 0 Å². The summed E-state index contributed by atoms with van der Waals surface area (Å²) in [6, 6.07) is 0.866. The third-order valence-electron chi connectivity index (χ3n) is 2.60. The second-order valence-corrected chi connectivity index (χ2v) is 4.36. The Morgan fingerprint density at radius 2 is 1.92 bits per heavy atom. The quantitative estimate of drug-likeness (QED) is 0.655. The Hall–Kier alpha value is -0.0800. The molecule has 0 amide bonds. The fourth-order valence-electron chi connectivity index (χ4n) is 1.71. The van der Waals surface area contributed by atoms with Gasteiger partial charge in [-0.25, -0.2) is 0 Å². The van der Waals surface area contributed by atoms with Crippen molar-refractivity contribution < 1.29 is 5.11 Å². The first kappa shape index (κ1) is 10.0. The molecule has 2 heteroatoms. The summed E-state index contributed by atoms with van der Waals surface area (Å²) in [6.07, 6.45) is 2.74. The molecule has 0 aromatic carbocycles. The van der Waals surface area contributed by atoms with Crippen LogP contribution in [0.2, 0.25) is 0 Å². The Labute approximate surface area is 75.4 Å². The van der Waals surface area contributed by atoms with Crippen molar-refractivity contribution in [3.8, 4) is 0 Å². The van der Waals surface area contributed by atoms with E-state index >= 15 is 0 Å². The SMILES string of the molecule is CC(C)C(N[C@H](C)CO)C1CC1. The smallest absolute Gasteiger partial charge is 0.0582 e. The van der Waals surface area contributed by atoms with Gasteiger partial charge in [0, 0.05) is 12.1 Å². The predicted molar refractivity (Wildman–Crippen MR) is 51.0 cm³/mol. The minimum absolute atomic E-state index is 0.246. The lowest BCUT2D eigenvalue weighted by atomic mass is 9.99. The zero-order valence-electron chi connectivity index (χ0n) is 8.38. The van der Waals surface area contributed by atoms with Crippen LogP contribution in [0.5, 0.6) is 0 Å². The molecule has 1 rings (SSSR count). The van der Waals surface area contributed by atoms with E-state index < -0.39 is 0 Å². The van der Waals surface area contributed by atoms with Gasteiger partial charge in [0.15, 0.2) is 0 Å². The standard InChI is InChI=1S/C10H21NO/c1-7(2)10(9-4-5-9)11-8(3)6-12/h7-12H,4-6H2,1-3H3/t8-,10?/m1/s1. The molecular formula is C10H21NO. The first-order chi connectivity index (χ1) is 5.65. The molecule has 0 aliphatic heterocycles. The van der Waals surface area contributed by atoms with Gasteiger partial charge in [0.2, 0.25) is 0 Å². The molecule has 1 fully saturated rings. The Morgan fingerprint density at radius 1 is 1.33 bits per heavy atom. The van der Waals surface area contributed by atoms with E-state index in [4.69, 9.17) is 5.11 Å². The van der Waals surface area contributed by atoms with Crippen LogP contribution in [-0.4, -0.2) is 23.8 Å². The molecule has 0 bridgehead atoms. The molecule has 12 heavy (non-hydrogen) atoms. The summed E-state index contributed by atoms with van der Waals surface area (Å²) in [4.78, 5) is 0. The lowest BCUT2D eigenvalue weighted by molar-refractivity contribution is 0.221. The highest BCUT2D eigenvalue weighted by molar-refractivity contribution is 4.89. The number of hydrogen-bond acceptors (Lipinski definition) is 2. The van der Waals surface area contributed by atoms with Crippen LogP contribution in [0.4, 0.5) is 0 Å². The van der Waals surface area contributed by atoms with E-state index in [1.165, 1.54) is 12.8 Å². The summed E-state index contributed by atoms with van der Waals surface area (Å²) in [5, 5.41) is 12.4. The molecule has 72 valence electrons. The minimum atomic E-state index is 0.246. The average molecular weight is 171 g/mol. The molecule has 2 atom stereocenters. The van der Waals surface area contributed by atoms with E-state index in [9.17, 15) is 0 Å². The van der Waals surface area contributed by atoms with Crippen molar-refractivity contribution >= 4 is 0 Å². The van der Waals surface area contributed by atoms with Crippen molar-refractivity contribution in [1.82, 2.24) is 5.32 Å². The number of rotatable bonds is 5. The van der Waals surface area contributed by atoms with Crippen LogP contribution in [0.1, 0.15) is 33.6 Å². The van der Waals surface area contributed by atoms with Crippen molar-refractivity contribution in [3.05, 3.63) is 0 Å². The number of aliphatic hydroxyl groups is 1. The summed E-state index contributed by atoms with van der Waals surface area (Å²) in [7, 11) is 0. The van der Waals surface area contributed by atoms with Crippen molar-refractivity contribution in [2.75, 3.05) is 6.61 Å². The molecular weight excluding hydrogens is 150 g/mol. The molecule has 0 spiro atoms. The average Bonchev–Trinajstić information content (AvgIpc) is 2.81. The van der Waals surface area contributed by atoms with Gasteiger partial charge in [-0.2, -0.15) is 0 Å². The highest BCUT2D eigenvalue weighted by atomic mass is 16.3. The van der Waals surface area contributed by atoms with E-state index in [0.29, 0.717) is 12.0 Å². The van der Waals surface area contributed by atoms with E-state index in [-0.39, 0.29) is 12.6 Å². The highest BCUT2D eigenvalue weighted by Gasteiger charge is 2.33. The molecule has 1 saturated carbocycles. The maximum Gasteiger partial charge on any atom is 0.0582 e. The van der Waals surface area contributed by atoms with Gasteiger partial charge < -0.3 is 10.4 Å². The van der Waals surface area contributed by atoms with E-state index in [1.807, 2.05) is 6.92 Å². The van der Waals surface area contributed by atoms with E-state index in [2.05, 4.69) is 19.2 Å². The maximum absolute atomic E-state index is 8.91. The van der Waals surface area contributed by atoms with Crippen molar-refractivity contribution in [2.24, 2.45) is 11.8 Å². The molecule has 1 unspecified atom stereocenters. The molecule has 0 radical (unpaired) electrons. The third-order valence-corrected chi connectivity index (χ3v) is 2.60. The Bertz CT molecular complexity index is 130. The van der Waals surface area contributed by atoms with Gasteiger partial charge >= 0.3 is 0 Å². The Morgan fingerprint density at radius 3 is 2.25 bits per heavy atom. The lowest BCUT2D eigenvalue weighted by Gasteiger charge is -2.25. The summed E-state index contributed by atoms with van der Waals surface area (Å²) in [5.74, 6) is 1.56. The first-order valence-electron chi connectivity index (χ1n) is 5.02. The van der Waals surface area contributed by atoms with Gasteiger partial charge in [-0.1, -0.05) is 13.8 Å². The van der Waals surface area contributed by atoms with Crippen LogP contribution in [0.15, 0.2) is 0 Å². The van der Waals surface area contributed by atoms with Crippen LogP contribution < -0.4 is 5.32 Å². The lowest BCUT2D eigenvalue weighted by Crippen LogP contribution is -2.43. The summed E-state index contributed by atoms with van der Waals surface area (Å²) >= 11 is 0. The molecule has 1 aliphatic rings. The van der Waals surface area contributed by atoms with Crippen molar-refractivity contribution in [1.29, 1.82) is 0 Å². The van der Waals surface area contributed by atoms with Crippen LogP contribution in [-0.2, 0) is 0 Å². The molecule has 0 aromatic heterocycles. The van der Waals surface area contributed by atoms with Crippen LogP contribution in [0, 0.1) is 11.8 Å². The molecule has 2 nitrogen and oxygen atoms in total. The van der Waals surface area contributed by atoms with Gasteiger partial charge in [-0.3, -0.25) is 0 Å². The van der Waals surface area contributed by atoms with Gasteiger partial charge in [-0.15, -0.1) is 0 Å². The van der Waals surface area contributed by atoms with Crippen LogP contribution in [0.25, 0.3) is 0 Å². The molecule has 0 saturated heterocycles. The summed E-state index contributed by atoms with van der Waals surface area (Å²) < 4.78 is 0. The van der Waals surface area contributed by atoms with E-state index in [1.54, 1.807) is 0 Å². The fraction of sp³-hybridized carbons (Fsp3) is 1.00. The van der Waals surface area contributed by atoms with Crippen LogP contribution in [0.3, 0.4) is 0 Å². The second-order valence-electron chi connectivity index (χ2n) is 4.36. The zero-order chi connectivity index (χ0) is 9.14.